The topological polar surface area (TPSA) is 20.2 Å². The van der Waals surface area contributed by atoms with Crippen molar-refractivity contribution in [3.63, 3.8) is 0 Å². The molecule has 3 aliphatic rings. The SMILES string of the molecule is [2H][C@@H]1C2c3ccccc3C(c3ccccc32)[C@H]1O. The van der Waals surface area contributed by atoms with Gasteiger partial charge in [0, 0.05) is 13.2 Å². The summed E-state index contributed by atoms with van der Waals surface area (Å²) in [5, 5.41) is 10.4. The van der Waals surface area contributed by atoms with Gasteiger partial charge in [0.15, 0.2) is 0 Å². The number of rotatable bonds is 0. The molecular formula is C16H14O. The van der Waals surface area contributed by atoms with Crippen molar-refractivity contribution >= 4 is 0 Å². The number of aliphatic hydroxyl groups excluding tert-OH is 1. The fourth-order valence-corrected chi connectivity index (χ4v) is 3.37. The zero-order valence-electron chi connectivity index (χ0n) is 10.4. The molecule has 0 aliphatic heterocycles. The fraction of sp³-hybridized carbons (Fsp3) is 0.250. The smallest absolute Gasteiger partial charge is 0.0658 e. The van der Waals surface area contributed by atoms with Crippen LogP contribution in [0, 0.1) is 0 Å². The Balaban J connectivity index is 2.06. The van der Waals surface area contributed by atoms with Crippen molar-refractivity contribution < 1.29 is 6.48 Å². The van der Waals surface area contributed by atoms with Crippen LogP contribution in [-0.4, -0.2) is 11.2 Å². The Labute approximate surface area is 102 Å². The minimum atomic E-state index is -0.584. The van der Waals surface area contributed by atoms with Gasteiger partial charge < -0.3 is 5.11 Å². The van der Waals surface area contributed by atoms with E-state index in [-0.39, 0.29) is 11.8 Å². The van der Waals surface area contributed by atoms with Crippen molar-refractivity contribution in [1.82, 2.24) is 0 Å². The summed E-state index contributed by atoms with van der Waals surface area (Å²) in [5.41, 5.74) is 4.87. The summed E-state index contributed by atoms with van der Waals surface area (Å²) < 4.78 is 8.28. The highest BCUT2D eigenvalue weighted by Crippen LogP contribution is 2.52. The van der Waals surface area contributed by atoms with Crippen LogP contribution < -0.4 is 0 Å². The molecule has 2 aromatic carbocycles. The monoisotopic (exact) mass is 223 g/mol. The largest absolute Gasteiger partial charge is 0.392 e. The lowest BCUT2D eigenvalue weighted by molar-refractivity contribution is 0.124. The number of aliphatic hydroxyl groups is 1. The second-order valence-corrected chi connectivity index (χ2v) is 4.90. The van der Waals surface area contributed by atoms with Crippen LogP contribution in [0.1, 0.15) is 41.9 Å². The van der Waals surface area contributed by atoms with E-state index in [9.17, 15) is 5.11 Å². The Morgan fingerprint density at radius 1 is 0.882 bits per heavy atom. The molecule has 0 amide bonds. The van der Waals surface area contributed by atoms with Crippen LogP contribution in [0.3, 0.4) is 0 Å². The van der Waals surface area contributed by atoms with Crippen molar-refractivity contribution in [2.24, 2.45) is 0 Å². The summed E-state index contributed by atoms with van der Waals surface area (Å²) in [6, 6.07) is 16.5. The van der Waals surface area contributed by atoms with E-state index in [1.165, 1.54) is 22.3 Å². The quantitative estimate of drug-likeness (QED) is 0.728. The molecular weight excluding hydrogens is 208 g/mol. The van der Waals surface area contributed by atoms with Crippen LogP contribution >= 0.6 is 0 Å². The van der Waals surface area contributed by atoms with E-state index in [1.54, 1.807) is 0 Å². The van der Waals surface area contributed by atoms with Crippen LogP contribution in [0.25, 0.3) is 0 Å². The molecule has 0 unspecified atom stereocenters. The van der Waals surface area contributed by atoms with Gasteiger partial charge in [-0.05, 0) is 28.7 Å². The summed E-state index contributed by atoms with van der Waals surface area (Å²) in [6.45, 7) is 0. The van der Waals surface area contributed by atoms with Crippen LogP contribution in [0.5, 0.6) is 0 Å². The normalized spacial score (nSPS) is 33.8. The summed E-state index contributed by atoms with van der Waals surface area (Å²) in [4.78, 5) is 0. The first-order valence-corrected chi connectivity index (χ1v) is 6.07. The van der Waals surface area contributed by atoms with Crippen LogP contribution in [0.15, 0.2) is 48.5 Å². The van der Waals surface area contributed by atoms with Gasteiger partial charge in [0.25, 0.3) is 0 Å². The molecule has 0 saturated carbocycles. The number of fused-ring (bicyclic) bond motifs is 1. The van der Waals surface area contributed by atoms with E-state index in [2.05, 4.69) is 24.3 Å². The van der Waals surface area contributed by atoms with Crippen LogP contribution in [0.2, 0.25) is 0 Å². The van der Waals surface area contributed by atoms with E-state index in [0.29, 0.717) is 0 Å². The molecule has 2 atom stereocenters. The number of hydrogen-bond acceptors (Lipinski definition) is 1. The first kappa shape index (κ1) is 8.48. The molecule has 0 heterocycles. The molecule has 1 heteroatoms. The first-order chi connectivity index (χ1) is 8.79. The molecule has 5 rings (SSSR count). The lowest BCUT2D eigenvalue weighted by Gasteiger charge is -2.43. The molecule has 0 fully saturated rings. The number of benzene rings is 2. The Hall–Kier alpha value is -1.60. The summed E-state index contributed by atoms with van der Waals surface area (Å²) in [5.74, 6) is 0.00213. The highest BCUT2D eigenvalue weighted by Gasteiger charge is 2.42. The standard InChI is InChI=1S/C16H14O/c17-15-9-14-10-5-1-3-7-12(10)16(15)13-8-4-2-6-11(13)14/h1-8,14-17H,9H2/t14?,15-,16?/m0/s1/i9D/t9-,14?,15+,16?/m1. The van der Waals surface area contributed by atoms with E-state index in [1.807, 2.05) is 24.3 Å². The average Bonchev–Trinajstić information content (AvgIpc) is 2.42. The molecule has 2 bridgehead atoms. The minimum Gasteiger partial charge on any atom is -0.392 e. The van der Waals surface area contributed by atoms with Gasteiger partial charge in [0.2, 0.25) is 0 Å². The van der Waals surface area contributed by atoms with E-state index in [0.717, 1.165) is 0 Å². The summed E-state index contributed by atoms with van der Waals surface area (Å²) in [7, 11) is 0. The average molecular weight is 223 g/mol. The molecule has 84 valence electrons. The third-order valence-electron chi connectivity index (χ3n) is 4.06. The van der Waals surface area contributed by atoms with Crippen LogP contribution in [0.4, 0.5) is 0 Å². The maximum atomic E-state index is 10.4. The van der Waals surface area contributed by atoms with Gasteiger partial charge in [-0.25, -0.2) is 0 Å². The second kappa shape index (κ2) is 3.21. The Kier molecular flexibility index (Phi) is 1.60. The van der Waals surface area contributed by atoms with E-state index in [4.69, 9.17) is 1.37 Å². The van der Waals surface area contributed by atoms with Gasteiger partial charge in [0.1, 0.15) is 0 Å². The van der Waals surface area contributed by atoms with Crippen molar-refractivity contribution in [3.8, 4) is 0 Å². The van der Waals surface area contributed by atoms with Gasteiger partial charge in [-0.15, -0.1) is 0 Å². The highest BCUT2D eigenvalue weighted by atomic mass is 16.3. The molecule has 0 aromatic heterocycles. The Morgan fingerprint density at radius 3 is 1.88 bits per heavy atom. The third-order valence-corrected chi connectivity index (χ3v) is 4.06. The lowest BCUT2D eigenvalue weighted by Crippen LogP contribution is -2.35. The summed E-state index contributed by atoms with van der Waals surface area (Å²) >= 11 is 0. The molecule has 1 nitrogen and oxygen atoms in total. The van der Waals surface area contributed by atoms with Gasteiger partial charge >= 0.3 is 0 Å². The molecule has 0 spiro atoms. The zero-order valence-corrected chi connectivity index (χ0v) is 9.38. The van der Waals surface area contributed by atoms with Crippen LogP contribution in [-0.2, 0) is 0 Å². The summed E-state index contributed by atoms with van der Waals surface area (Å²) in [6.07, 6.45) is -1.03. The van der Waals surface area contributed by atoms with Crippen molar-refractivity contribution in [3.05, 3.63) is 70.8 Å². The number of hydrogen-bond donors (Lipinski definition) is 1. The van der Waals surface area contributed by atoms with Gasteiger partial charge in [0.05, 0.1) is 6.10 Å². The predicted octanol–water partition coefficient (Wildman–Crippen LogP) is 3.03. The fourth-order valence-electron chi connectivity index (χ4n) is 3.37. The first-order valence-electron chi connectivity index (χ1n) is 6.64. The van der Waals surface area contributed by atoms with Gasteiger partial charge in [-0.2, -0.15) is 0 Å². The maximum Gasteiger partial charge on any atom is 0.0658 e. The molecule has 0 radical (unpaired) electrons. The molecule has 3 aliphatic carbocycles. The van der Waals surface area contributed by atoms with Gasteiger partial charge in [-0.3, -0.25) is 0 Å². The van der Waals surface area contributed by atoms with Crippen molar-refractivity contribution in [1.29, 1.82) is 0 Å². The lowest BCUT2D eigenvalue weighted by atomic mass is 9.62. The van der Waals surface area contributed by atoms with Gasteiger partial charge in [-0.1, -0.05) is 48.5 Å². The van der Waals surface area contributed by atoms with Crippen molar-refractivity contribution in [2.45, 2.75) is 24.3 Å². The third kappa shape index (κ3) is 1.12. The molecule has 1 N–H and O–H groups in total. The Morgan fingerprint density at radius 2 is 1.35 bits per heavy atom. The second-order valence-electron chi connectivity index (χ2n) is 4.90. The molecule has 0 saturated heterocycles. The van der Waals surface area contributed by atoms with E-state index < -0.39 is 12.5 Å². The minimum absolute atomic E-state index is 0.0232. The maximum absolute atomic E-state index is 10.4. The van der Waals surface area contributed by atoms with Crippen molar-refractivity contribution in [2.75, 3.05) is 0 Å². The molecule has 17 heavy (non-hydrogen) atoms. The molecule has 2 aromatic rings. The highest BCUT2D eigenvalue weighted by molar-refractivity contribution is 5.55. The van der Waals surface area contributed by atoms with E-state index >= 15 is 0 Å². The Bertz CT molecular complexity index is 520. The zero-order chi connectivity index (χ0) is 12.3. The predicted molar refractivity (Wildman–Crippen MR) is 67.2 cm³/mol.